The summed E-state index contributed by atoms with van der Waals surface area (Å²) in [6.45, 7) is 8.90. The van der Waals surface area contributed by atoms with Gasteiger partial charge in [-0.3, -0.25) is 14.5 Å². The Morgan fingerprint density at radius 3 is 2.38 bits per heavy atom. The van der Waals surface area contributed by atoms with Gasteiger partial charge in [0.2, 0.25) is 11.8 Å². The molecule has 0 bridgehead atoms. The Balaban J connectivity index is 1.69. The predicted octanol–water partition coefficient (Wildman–Crippen LogP) is 1.87. The second kappa shape index (κ2) is 10.5. The lowest BCUT2D eigenvalue weighted by Crippen LogP contribution is -2.52. The normalized spacial score (nSPS) is 15.1. The van der Waals surface area contributed by atoms with Crippen LogP contribution in [0.2, 0.25) is 5.02 Å². The highest BCUT2D eigenvalue weighted by molar-refractivity contribution is 6.31. The number of rotatable bonds is 8. The van der Waals surface area contributed by atoms with Crippen LogP contribution in [0.25, 0.3) is 0 Å². The number of benzene rings is 1. The van der Waals surface area contributed by atoms with Crippen LogP contribution in [0, 0.1) is 0 Å². The first-order chi connectivity index (χ1) is 12.5. The first kappa shape index (κ1) is 20.7. The molecule has 0 aliphatic carbocycles. The van der Waals surface area contributed by atoms with Gasteiger partial charge in [-0.05, 0) is 25.5 Å². The third-order valence-corrected chi connectivity index (χ3v) is 5.01. The summed E-state index contributed by atoms with van der Waals surface area (Å²) in [6, 6.07) is 7.45. The van der Waals surface area contributed by atoms with E-state index in [0.717, 1.165) is 18.7 Å². The minimum absolute atomic E-state index is 0.0215. The van der Waals surface area contributed by atoms with Crippen molar-refractivity contribution in [2.45, 2.75) is 20.5 Å². The molecule has 1 saturated heterocycles. The van der Waals surface area contributed by atoms with Gasteiger partial charge in [-0.1, -0.05) is 29.8 Å². The van der Waals surface area contributed by atoms with Crippen LogP contribution in [-0.2, 0) is 20.9 Å². The number of carbonyl (C=O) groups excluding carboxylic acids is 2. The van der Waals surface area contributed by atoms with Crippen molar-refractivity contribution >= 4 is 23.4 Å². The summed E-state index contributed by atoms with van der Waals surface area (Å²) < 4.78 is 5.52. The van der Waals surface area contributed by atoms with Crippen molar-refractivity contribution in [1.82, 2.24) is 14.7 Å². The Hall–Kier alpha value is -1.63. The van der Waals surface area contributed by atoms with Crippen molar-refractivity contribution in [3.05, 3.63) is 34.9 Å². The lowest BCUT2D eigenvalue weighted by Gasteiger charge is -2.35. The van der Waals surface area contributed by atoms with E-state index >= 15 is 0 Å². The lowest BCUT2D eigenvalue weighted by atomic mass is 10.2. The Labute approximate surface area is 160 Å². The van der Waals surface area contributed by atoms with E-state index in [1.807, 2.05) is 36.9 Å². The molecule has 1 aliphatic rings. The smallest absolute Gasteiger partial charge is 0.248 e. The Kier molecular flexibility index (Phi) is 8.35. The van der Waals surface area contributed by atoms with Gasteiger partial charge in [-0.25, -0.2) is 0 Å². The molecular weight excluding hydrogens is 354 g/mol. The van der Waals surface area contributed by atoms with Crippen LogP contribution in [0.3, 0.4) is 0 Å². The van der Waals surface area contributed by atoms with E-state index in [1.54, 1.807) is 11.0 Å². The second-order valence-corrected chi connectivity index (χ2v) is 6.71. The Morgan fingerprint density at radius 2 is 1.77 bits per heavy atom. The van der Waals surface area contributed by atoms with Gasteiger partial charge in [-0.15, -0.1) is 0 Å². The Bertz CT molecular complexity index is 599. The van der Waals surface area contributed by atoms with E-state index in [0.29, 0.717) is 44.4 Å². The van der Waals surface area contributed by atoms with Gasteiger partial charge in [0.1, 0.15) is 6.61 Å². The van der Waals surface area contributed by atoms with E-state index in [2.05, 4.69) is 4.90 Å². The zero-order chi connectivity index (χ0) is 18.9. The first-order valence-corrected chi connectivity index (χ1v) is 9.52. The van der Waals surface area contributed by atoms with Gasteiger partial charge < -0.3 is 14.5 Å². The number of ether oxygens (including phenoxy) is 1. The molecule has 0 atom stereocenters. The largest absolute Gasteiger partial charge is 0.367 e. The number of carbonyl (C=O) groups is 2. The van der Waals surface area contributed by atoms with Crippen LogP contribution in [-0.4, -0.2) is 78.9 Å². The van der Waals surface area contributed by atoms with Crippen LogP contribution >= 0.6 is 11.6 Å². The standard InChI is InChI=1S/C19H28ClN3O3/c1-3-22(4-2)18(24)13-21-9-11-23(12-10-21)19(25)15-26-14-16-7-5-6-8-17(16)20/h5-8H,3-4,9-15H2,1-2H3. The van der Waals surface area contributed by atoms with Crippen molar-refractivity contribution in [2.24, 2.45) is 0 Å². The summed E-state index contributed by atoms with van der Waals surface area (Å²) in [5, 5.41) is 0.645. The molecule has 2 amide bonds. The number of likely N-dealkylation sites (N-methyl/N-ethyl adjacent to an activating group) is 1. The van der Waals surface area contributed by atoms with Crippen molar-refractivity contribution in [3.8, 4) is 0 Å². The molecule has 144 valence electrons. The molecular formula is C19H28ClN3O3. The predicted molar refractivity (Wildman–Crippen MR) is 102 cm³/mol. The minimum Gasteiger partial charge on any atom is -0.367 e. The molecule has 6 nitrogen and oxygen atoms in total. The number of hydrogen-bond acceptors (Lipinski definition) is 4. The summed E-state index contributed by atoms with van der Waals surface area (Å²) in [5.74, 6) is 0.129. The van der Waals surface area contributed by atoms with Crippen LogP contribution in [0.5, 0.6) is 0 Å². The van der Waals surface area contributed by atoms with E-state index in [1.165, 1.54) is 0 Å². The fourth-order valence-electron chi connectivity index (χ4n) is 2.98. The molecule has 0 saturated carbocycles. The molecule has 1 heterocycles. The van der Waals surface area contributed by atoms with Gasteiger partial charge in [0.05, 0.1) is 13.2 Å². The zero-order valence-corrected chi connectivity index (χ0v) is 16.4. The summed E-state index contributed by atoms with van der Waals surface area (Å²) in [6.07, 6.45) is 0. The molecule has 1 aliphatic heterocycles. The van der Waals surface area contributed by atoms with Crippen LogP contribution in [0.4, 0.5) is 0 Å². The molecule has 7 heteroatoms. The number of nitrogens with zero attached hydrogens (tertiary/aromatic N) is 3. The maximum Gasteiger partial charge on any atom is 0.248 e. The highest BCUT2D eigenvalue weighted by Gasteiger charge is 2.23. The minimum atomic E-state index is -0.0215. The highest BCUT2D eigenvalue weighted by atomic mass is 35.5. The third-order valence-electron chi connectivity index (χ3n) is 4.64. The Morgan fingerprint density at radius 1 is 1.12 bits per heavy atom. The number of piperazine rings is 1. The lowest BCUT2D eigenvalue weighted by molar-refractivity contribution is -0.139. The van der Waals surface area contributed by atoms with Gasteiger partial charge in [0.25, 0.3) is 0 Å². The molecule has 0 radical (unpaired) electrons. The fraction of sp³-hybridized carbons (Fsp3) is 0.579. The average Bonchev–Trinajstić information content (AvgIpc) is 2.65. The molecule has 0 N–H and O–H groups in total. The van der Waals surface area contributed by atoms with Gasteiger partial charge in [-0.2, -0.15) is 0 Å². The fourth-order valence-corrected chi connectivity index (χ4v) is 3.17. The second-order valence-electron chi connectivity index (χ2n) is 6.31. The van der Waals surface area contributed by atoms with E-state index in [-0.39, 0.29) is 18.4 Å². The monoisotopic (exact) mass is 381 g/mol. The maximum atomic E-state index is 12.3. The van der Waals surface area contributed by atoms with E-state index < -0.39 is 0 Å². The van der Waals surface area contributed by atoms with Crippen molar-refractivity contribution in [1.29, 1.82) is 0 Å². The summed E-state index contributed by atoms with van der Waals surface area (Å²) >= 11 is 6.08. The SMILES string of the molecule is CCN(CC)C(=O)CN1CCN(C(=O)COCc2ccccc2Cl)CC1. The molecule has 1 fully saturated rings. The first-order valence-electron chi connectivity index (χ1n) is 9.14. The molecule has 1 aromatic rings. The topological polar surface area (TPSA) is 53.1 Å². The third kappa shape index (κ3) is 5.97. The van der Waals surface area contributed by atoms with Crippen LogP contribution < -0.4 is 0 Å². The number of halogens is 1. The molecule has 2 rings (SSSR count). The molecule has 0 spiro atoms. The zero-order valence-electron chi connectivity index (χ0n) is 15.6. The van der Waals surface area contributed by atoms with E-state index in [9.17, 15) is 9.59 Å². The van der Waals surface area contributed by atoms with E-state index in [4.69, 9.17) is 16.3 Å². The quantitative estimate of drug-likeness (QED) is 0.689. The highest BCUT2D eigenvalue weighted by Crippen LogP contribution is 2.15. The van der Waals surface area contributed by atoms with Gasteiger partial charge in [0.15, 0.2) is 0 Å². The average molecular weight is 382 g/mol. The van der Waals surface area contributed by atoms with Crippen molar-refractivity contribution in [2.75, 3.05) is 52.4 Å². The summed E-state index contributed by atoms with van der Waals surface area (Å²) in [7, 11) is 0. The molecule has 0 aromatic heterocycles. The van der Waals surface area contributed by atoms with Crippen LogP contribution in [0.15, 0.2) is 24.3 Å². The molecule has 0 unspecified atom stereocenters. The van der Waals surface area contributed by atoms with Crippen LogP contribution in [0.1, 0.15) is 19.4 Å². The number of hydrogen-bond donors (Lipinski definition) is 0. The maximum absolute atomic E-state index is 12.3. The van der Waals surface area contributed by atoms with Crippen molar-refractivity contribution in [3.63, 3.8) is 0 Å². The van der Waals surface area contributed by atoms with Crippen molar-refractivity contribution < 1.29 is 14.3 Å². The molecule has 1 aromatic carbocycles. The number of amides is 2. The summed E-state index contributed by atoms with van der Waals surface area (Å²) in [4.78, 5) is 30.2. The summed E-state index contributed by atoms with van der Waals surface area (Å²) in [5.41, 5.74) is 0.877. The molecule has 26 heavy (non-hydrogen) atoms. The van der Waals surface area contributed by atoms with Gasteiger partial charge >= 0.3 is 0 Å². The van der Waals surface area contributed by atoms with Gasteiger partial charge in [0, 0.05) is 44.3 Å².